The molecule has 0 fully saturated rings. The summed E-state index contributed by atoms with van der Waals surface area (Å²) >= 11 is 0. The zero-order valence-electron chi connectivity index (χ0n) is 10.9. The Bertz CT molecular complexity index is 462. The van der Waals surface area contributed by atoms with Gasteiger partial charge in [-0.15, -0.1) is 0 Å². The minimum absolute atomic E-state index is 0.264. The lowest BCUT2D eigenvalue weighted by Gasteiger charge is -2.06. The third-order valence-corrected chi connectivity index (χ3v) is 2.46. The van der Waals surface area contributed by atoms with Gasteiger partial charge < -0.3 is 9.72 Å². The Hall–Kier alpha value is -1.92. The molecule has 0 saturated carbocycles. The molecule has 0 aliphatic heterocycles. The molecule has 7 heteroatoms. The number of carbonyl (C=O) groups excluding carboxylic acids is 1. The second-order valence-electron chi connectivity index (χ2n) is 4.08. The predicted octanol–water partition coefficient (Wildman–Crippen LogP) is 2.43. The molecule has 0 radical (unpaired) electrons. The van der Waals surface area contributed by atoms with Gasteiger partial charge in [-0.1, -0.05) is 32.6 Å². The number of aromatic amines is 1. The Balaban J connectivity index is 2.27. The van der Waals surface area contributed by atoms with E-state index in [1.165, 1.54) is 0 Å². The SMILES string of the molecule is CCCCCCCOC(=O)Nc1nc(=O)[nH]cc1F. The van der Waals surface area contributed by atoms with Crippen molar-refractivity contribution in [3.63, 3.8) is 0 Å². The highest BCUT2D eigenvalue weighted by Crippen LogP contribution is 2.06. The Labute approximate surface area is 110 Å². The van der Waals surface area contributed by atoms with Crippen LogP contribution in [0.15, 0.2) is 11.0 Å². The monoisotopic (exact) mass is 271 g/mol. The Morgan fingerprint density at radius 3 is 2.89 bits per heavy atom. The molecular weight excluding hydrogens is 253 g/mol. The summed E-state index contributed by atoms with van der Waals surface area (Å²) in [6, 6.07) is 0. The van der Waals surface area contributed by atoms with E-state index in [0.29, 0.717) is 0 Å². The van der Waals surface area contributed by atoms with Gasteiger partial charge in [-0.2, -0.15) is 4.98 Å². The molecular formula is C12H18FN3O3. The van der Waals surface area contributed by atoms with Crippen molar-refractivity contribution in [3.05, 3.63) is 22.5 Å². The molecule has 0 saturated heterocycles. The number of halogens is 1. The Morgan fingerprint density at radius 1 is 1.42 bits per heavy atom. The summed E-state index contributed by atoms with van der Waals surface area (Å²) in [6.45, 7) is 2.38. The van der Waals surface area contributed by atoms with Crippen molar-refractivity contribution in [1.82, 2.24) is 9.97 Å². The lowest BCUT2D eigenvalue weighted by atomic mass is 10.2. The topological polar surface area (TPSA) is 84.1 Å². The van der Waals surface area contributed by atoms with Crippen LogP contribution in [-0.4, -0.2) is 22.7 Å². The van der Waals surface area contributed by atoms with E-state index in [2.05, 4.69) is 22.2 Å². The second-order valence-corrected chi connectivity index (χ2v) is 4.08. The number of H-pyrrole nitrogens is 1. The smallest absolute Gasteiger partial charge is 0.412 e. The minimum Gasteiger partial charge on any atom is -0.449 e. The zero-order chi connectivity index (χ0) is 14.1. The number of unbranched alkanes of at least 4 members (excludes halogenated alkanes) is 4. The molecule has 6 nitrogen and oxygen atoms in total. The van der Waals surface area contributed by atoms with Gasteiger partial charge in [-0.05, 0) is 6.42 Å². The summed E-state index contributed by atoms with van der Waals surface area (Å²) in [7, 11) is 0. The number of ether oxygens (including phenoxy) is 1. The van der Waals surface area contributed by atoms with Crippen LogP contribution in [0.3, 0.4) is 0 Å². The van der Waals surface area contributed by atoms with E-state index >= 15 is 0 Å². The number of aromatic nitrogens is 2. The number of nitrogens with one attached hydrogen (secondary N) is 2. The molecule has 1 aromatic heterocycles. The van der Waals surface area contributed by atoms with Crippen LogP contribution in [0.25, 0.3) is 0 Å². The molecule has 0 unspecified atom stereocenters. The lowest BCUT2D eigenvalue weighted by molar-refractivity contribution is 0.159. The molecule has 106 valence electrons. The van der Waals surface area contributed by atoms with Gasteiger partial charge >= 0.3 is 11.8 Å². The number of hydrogen-bond donors (Lipinski definition) is 2. The van der Waals surface area contributed by atoms with Gasteiger partial charge in [-0.25, -0.2) is 14.0 Å². The van der Waals surface area contributed by atoms with E-state index in [1.807, 2.05) is 0 Å². The fraction of sp³-hybridized carbons (Fsp3) is 0.583. The maximum Gasteiger partial charge on any atom is 0.412 e. The van der Waals surface area contributed by atoms with Crippen LogP contribution in [0.5, 0.6) is 0 Å². The number of rotatable bonds is 7. The Kier molecular flexibility index (Phi) is 6.56. The fourth-order valence-electron chi connectivity index (χ4n) is 1.47. The molecule has 0 bridgehead atoms. The maximum absolute atomic E-state index is 13.2. The highest BCUT2D eigenvalue weighted by atomic mass is 19.1. The summed E-state index contributed by atoms with van der Waals surface area (Å²) in [5, 5.41) is 2.09. The molecule has 0 spiro atoms. The standard InChI is InChI=1S/C12H18FN3O3/c1-2-3-4-5-6-7-19-12(18)16-10-9(13)8-14-11(17)15-10/h8H,2-7H2,1H3,(H2,14,15,16,17,18). The van der Waals surface area contributed by atoms with Crippen LogP contribution in [-0.2, 0) is 4.74 Å². The van der Waals surface area contributed by atoms with Crippen molar-refractivity contribution in [3.8, 4) is 0 Å². The average Bonchev–Trinajstić information content (AvgIpc) is 2.38. The predicted molar refractivity (Wildman–Crippen MR) is 68.5 cm³/mol. The number of hydrogen-bond acceptors (Lipinski definition) is 4. The van der Waals surface area contributed by atoms with Crippen molar-refractivity contribution in [2.24, 2.45) is 0 Å². The highest BCUT2D eigenvalue weighted by Gasteiger charge is 2.09. The first-order valence-electron chi connectivity index (χ1n) is 6.32. The van der Waals surface area contributed by atoms with E-state index in [1.54, 1.807) is 0 Å². The quantitative estimate of drug-likeness (QED) is 0.746. The normalized spacial score (nSPS) is 10.2. The molecule has 2 N–H and O–H groups in total. The highest BCUT2D eigenvalue weighted by molar-refractivity contribution is 5.83. The van der Waals surface area contributed by atoms with Gasteiger partial charge in [0.25, 0.3) is 0 Å². The molecule has 1 amide bonds. The lowest BCUT2D eigenvalue weighted by Crippen LogP contribution is -2.20. The third-order valence-electron chi connectivity index (χ3n) is 2.46. The van der Waals surface area contributed by atoms with Crippen molar-refractivity contribution in [2.45, 2.75) is 39.0 Å². The molecule has 0 aliphatic rings. The summed E-state index contributed by atoms with van der Waals surface area (Å²) in [4.78, 5) is 27.5. The van der Waals surface area contributed by atoms with Crippen molar-refractivity contribution < 1.29 is 13.9 Å². The zero-order valence-corrected chi connectivity index (χ0v) is 10.9. The van der Waals surface area contributed by atoms with Gasteiger partial charge in [0.15, 0.2) is 11.6 Å². The first-order chi connectivity index (χ1) is 9.13. The number of amides is 1. The number of nitrogens with zero attached hydrogens (tertiary/aromatic N) is 1. The van der Waals surface area contributed by atoms with Crippen molar-refractivity contribution in [2.75, 3.05) is 11.9 Å². The molecule has 1 rings (SSSR count). The van der Waals surface area contributed by atoms with E-state index in [-0.39, 0.29) is 6.61 Å². The van der Waals surface area contributed by atoms with Gasteiger partial charge in [0.1, 0.15) is 0 Å². The van der Waals surface area contributed by atoms with Crippen LogP contribution in [0.1, 0.15) is 39.0 Å². The van der Waals surface area contributed by atoms with Crippen LogP contribution >= 0.6 is 0 Å². The van der Waals surface area contributed by atoms with Crippen molar-refractivity contribution in [1.29, 1.82) is 0 Å². The largest absolute Gasteiger partial charge is 0.449 e. The molecule has 1 heterocycles. The van der Waals surface area contributed by atoms with Crippen LogP contribution in [0.2, 0.25) is 0 Å². The number of carbonyl (C=O) groups is 1. The summed E-state index contributed by atoms with van der Waals surface area (Å²) in [5.41, 5.74) is -0.740. The first-order valence-corrected chi connectivity index (χ1v) is 6.32. The fourth-order valence-corrected chi connectivity index (χ4v) is 1.47. The summed E-state index contributed by atoms with van der Waals surface area (Å²) in [5.74, 6) is -1.25. The van der Waals surface area contributed by atoms with E-state index in [0.717, 1.165) is 38.3 Å². The van der Waals surface area contributed by atoms with Crippen LogP contribution in [0, 0.1) is 5.82 Å². The van der Waals surface area contributed by atoms with Gasteiger partial charge in [0.05, 0.1) is 6.61 Å². The van der Waals surface area contributed by atoms with Gasteiger partial charge in [0, 0.05) is 6.20 Å². The van der Waals surface area contributed by atoms with E-state index in [9.17, 15) is 14.0 Å². The van der Waals surface area contributed by atoms with Crippen molar-refractivity contribution >= 4 is 11.9 Å². The minimum atomic E-state index is -0.820. The number of anilines is 1. The average molecular weight is 271 g/mol. The van der Waals surface area contributed by atoms with E-state index < -0.39 is 23.4 Å². The van der Waals surface area contributed by atoms with Crippen LogP contribution in [0.4, 0.5) is 15.0 Å². The molecule has 0 atom stereocenters. The Morgan fingerprint density at radius 2 is 2.16 bits per heavy atom. The molecule has 19 heavy (non-hydrogen) atoms. The molecule has 0 aromatic carbocycles. The van der Waals surface area contributed by atoms with Crippen LogP contribution < -0.4 is 11.0 Å². The molecule has 1 aromatic rings. The first kappa shape index (κ1) is 15.1. The van der Waals surface area contributed by atoms with E-state index in [4.69, 9.17) is 4.74 Å². The summed E-state index contributed by atoms with van der Waals surface area (Å²) in [6.07, 6.45) is 5.18. The summed E-state index contributed by atoms with van der Waals surface area (Å²) < 4.78 is 18.0. The van der Waals surface area contributed by atoms with Gasteiger partial charge in [0.2, 0.25) is 0 Å². The maximum atomic E-state index is 13.2. The van der Waals surface area contributed by atoms with Gasteiger partial charge in [-0.3, -0.25) is 5.32 Å². The second kappa shape index (κ2) is 8.23. The third kappa shape index (κ3) is 5.98. The molecule has 0 aliphatic carbocycles.